The van der Waals surface area contributed by atoms with Crippen molar-refractivity contribution in [3.8, 4) is 11.5 Å². The molecule has 0 spiro atoms. The molecule has 42 heavy (non-hydrogen) atoms. The maximum atomic E-state index is 13.0. The predicted molar refractivity (Wildman–Crippen MR) is 168 cm³/mol. The number of piperidine rings is 2. The molecule has 3 aromatic rings. The van der Waals surface area contributed by atoms with Crippen molar-refractivity contribution in [3.63, 3.8) is 0 Å². The summed E-state index contributed by atoms with van der Waals surface area (Å²) < 4.78 is 5.86. The zero-order valence-electron chi connectivity index (χ0n) is 24.5. The molecule has 2 aromatic carbocycles. The van der Waals surface area contributed by atoms with Crippen molar-refractivity contribution in [3.05, 3.63) is 66.9 Å². The van der Waals surface area contributed by atoms with E-state index in [-0.39, 0.29) is 6.03 Å². The quantitative estimate of drug-likeness (QED) is 0.349. The molecule has 3 fully saturated rings. The molecule has 3 saturated heterocycles. The highest BCUT2D eigenvalue weighted by molar-refractivity contribution is 5.89. The van der Waals surface area contributed by atoms with Gasteiger partial charge in [-0.15, -0.1) is 0 Å². The minimum atomic E-state index is -0.0372. The summed E-state index contributed by atoms with van der Waals surface area (Å²) in [6, 6.07) is 20.1. The van der Waals surface area contributed by atoms with E-state index in [0.29, 0.717) is 12.1 Å². The van der Waals surface area contributed by atoms with E-state index in [9.17, 15) is 4.79 Å². The number of likely N-dealkylation sites (tertiary alicyclic amines) is 2. The van der Waals surface area contributed by atoms with Crippen LogP contribution in [0.2, 0.25) is 0 Å². The molecule has 9 nitrogen and oxygen atoms in total. The third kappa shape index (κ3) is 7.50. The number of nitrogens with zero attached hydrogens (tertiary/aromatic N) is 5. The molecule has 0 aliphatic carbocycles. The van der Waals surface area contributed by atoms with E-state index >= 15 is 0 Å². The van der Waals surface area contributed by atoms with Crippen LogP contribution in [0.25, 0.3) is 0 Å². The molecular formula is C33H43N7O2. The van der Waals surface area contributed by atoms with Crippen LogP contribution in [-0.2, 0) is 0 Å². The molecule has 2 N–H and O–H groups in total. The normalized spacial score (nSPS) is 20.5. The lowest BCUT2D eigenvalue weighted by Crippen LogP contribution is -2.52. The van der Waals surface area contributed by atoms with Crippen LogP contribution in [0.4, 0.5) is 22.2 Å². The van der Waals surface area contributed by atoms with Gasteiger partial charge in [-0.2, -0.15) is 4.98 Å². The van der Waals surface area contributed by atoms with Crippen LogP contribution in [0.15, 0.2) is 66.9 Å². The summed E-state index contributed by atoms with van der Waals surface area (Å²) in [6.45, 7) is 5.80. The van der Waals surface area contributed by atoms with Crippen molar-refractivity contribution in [1.29, 1.82) is 0 Å². The third-order valence-corrected chi connectivity index (χ3v) is 8.71. The van der Waals surface area contributed by atoms with E-state index in [1.807, 2.05) is 71.8 Å². The number of anilines is 3. The Morgan fingerprint density at radius 1 is 0.786 bits per heavy atom. The number of rotatable bonds is 7. The first-order valence-corrected chi connectivity index (χ1v) is 15.7. The minimum absolute atomic E-state index is 0.0372. The van der Waals surface area contributed by atoms with Crippen molar-refractivity contribution in [1.82, 2.24) is 19.8 Å². The molecule has 0 saturated carbocycles. The van der Waals surface area contributed by atoms with Gasteiger partial charge in [-0.3, -0.25) is 4.90 Å². The molecule has 222 valence electrons. The summed E-state index contributed by atoms with van der Waals surface area (Å²) in [7, 11) is 0. The van der Waals surface area contributed by atoms with E-state index in [0.717, 1.165) is 93.9 Å². The zero-order chi connectivity index (χ0) is 28.6. The fraction of sp³-hybridized carbons (Fsp3) is 0.485. The molecule has 6 rings (SSSR count). The first-order chi connectivity index (χ1) is 20.7. The predicted octanol–water partition coefficient (Wildman–Crippen LogP) is 6.22. The van der Waals surface area contributed by atoms with Gasteiger partial charge in [0.25, 0.3) is 0 Å². The summed E-state index contributed by atoms with van der Waals surface area (Å²) in [4.78, 5) is 29.4. The van der Waals surface area contributed by atoms with Gasteiger partial charge in [0.05, 0.1) is 0 Å². The lowest BCUT2D eigenvalue weighted by atomic mass is 9.98. The zero-order valence-corrected chi connectivity index (χ0v) is 24.5. The van der Waals surface area contributed by atoms with Gasteiger partial charge in [0.15, 0.2) is 0 Å². The number of nitrogens with one attached hydrogen (secondary N) is 2. The molecule has 2 amide bonds. The SMILES string of the molecule is O=C(Nc1ccc(Oc2ccccc2)cc1)N1CCC(N2CCCC(Nc3nccc(N4CCCCCC4)n3)C2)CC1. The van der Waals surface area contributed by atoms with E-state index in [2.05, 4.69) is 25.4 Å². The lowest BCUT2D eigenvalue weighted by Gasteiger charge is -2.42. The molecule has 3 aliphatic heterocycles. The number of para-hydroxylation sites is 1. The molecule has 1 atom stereocenters. The lowest BCUT2D eigenvalue weighted by molar-refractivity contribution is 0.0997. The molecule has 3 aliphatic rings. The average Bonchev–Trinajstić information content (AvgIpc) is 3.33. The van der Waals surface area contributed by atoms with Crippen molar-refractivity contribution in [2.75, 3.05) is 54.8 Å². The number of hydrogen-bond donors (Lipinski definition) is 2. The maximum absolute atomic E-state index is 13.0. The van der Waals surface area contributed by atoms with Crippen molar-refractivity contribution >= 4 is 23.5 Å². The third-order valence-electron chi connectivity index (χ3n) is 8.71. The van der Waals surface area contributed by atoms with Crippen LogP contribution >= 0.6 is 0 Å². The van der Waals surface area contributed by atoms with Gasteiger partial charge in [0, 0.05) is 56.7 Å². The van der Waals surface area contributed by atoms with Crippen molar-refractivity contribution < 1.29 is 9.53 Å². The molecule has 9 heteroatoms. The Balaban J connectivity index is 0.959. The highest BCUT2D eigenvalue weighted by atomic mass is 16.5. The molecule has 1 unspecified atom stereocenters. The first-order valence-electron chi connectivity index (χ1n) is 15.7. The number of aromatic nitrogens is 2. The van der Waals surface area contributed by atoms with Gasteiger partial charge >= 0.3 is 6.03 Å². The highest BCUT2D eigenvalue weighted by Gasteiger charge is 2.30. The number of hydrogen-bond acceptors (Lipinski definition) is 7. The Morgan fingerprint density at radius 3 is 2.29 bits per heavy atom. The van der Waals surface area contributed by atoms with Crippen LogP contribution in [0.3, 0.4) is 0 Å². The van der Waals surface area contributed by atoms with E-state index < -0.39 is 0 Å². The summed E-state index contributed by atoms with van der Waals surface area (Å²) in [5, 5.41) is 6.70. The maximum Gasteiger partial charge on any atom is 0.321 e. The van der Waals surface area contributed by atoms with Gasteiger partial charge in [0.1, 0.15) is 17.3 Å². The van der Waals surface area contributed by atoms with Crippen LogP contribution in [0.5, 0.6) is 11.5 Å². The second-order valence-corrected chi connectivity index (χ2v) is 11.7. The Kier molecular flexibility index (Phi) is 9.34. The fourth-order valence-electron chi connectivity index (χ4n) is 6.40. The van der Waals surface area contributed by atoms with Gasteiger partial charge in [0.2, 0.25) is 5.95 Å². The van der Waals surface area contributed by atoms with Crippen molar-refractivity contribution in [2.45, 2.75) is 63.5 Å². The van der Waals surface area contributed by atoms with E-state index in [1.54, 1.807) is 0 Å². The average molecular weight is 570 g/mol. The number of benzene rings is 2. The number of amides is 2. The van der Waals surface area contributed by atoms with Crippen LogP contribution in [-0.4, -0.2) is 77.2 Å². The first kappa shape index (κ1) is 28.3. The summed E-state index contributed by atoms with van der Waals surface area (Å²) in [6.07, 6.45) is 11.3. The van der Waals surface area contributed by atoms with E-state index in [1.165, 1.54) is 25.7 Å². The summed E-state index contributed by atoms with van der Waals surface area (Å²) in [5.74, 6) is 3.32. The van der Waals surface area contributed by atoms with Gasteiger partial charge in [-0.05, 0) is 87.5 Å². The number of urea groups is 1. The van der Waals surface area contributed by atoms with Crippen LogP contribution in [0, 0.1) is 0 Å². The van der Waals surface area contributed by atoms with Crippen LogP contribution < -0.4 is 20.3 Å². The Hall–Kier alpha value is -3.85. The number of carbonyl (C=O) groups is 1. The summed E-state index contributed by atoms with van der Waals surface area (Å²) in [5.41, 5.74) is 0.773. The fourth-order valence-corrected chi connectivity index (χ4v) is 6.40. The Labute approximate surface area is 249 Å². The highest BCUT2D eigenvalue weighted by Crippen LogP contribution is 2.25. The smallest absolute Gasteiger partial charge is 0.321 e. The second kappa shape index (κ2) is 13.9. The largest absolute Gasteiger partial charge is 0.457 e. The Bertz CT molecular complexity index is 1270. The summed E-state index contributed by atoms with van der Waals surface area (Å²) >= 11 is 0. The number of ether oxygens (including phenoxy) is 1. The van der Waals surface area contributed by atoms with Crippen molar-refractivity contribution in [2.24, 2.45) is 0 Å². The second-order valence-electron chi connectivity index (χ2n) is 11.7. The molecule has 0 radical (unpaired) electrons. The van der Waals surface area contributed by atoms with E-state index in [4.69, 9.17) is 9.72 Å². The molecule has 1 aromatic heterocycles. The topological polar surface area (TPSA) is 85.9 Å². The van der Waals surface area contributed by atoms with Gasteiger partial charge < -0.3 is 25.2 Å². The van der Waals surface area contributed by atoms with Gasteiger partial charge in [-0.25, -0.2) is 9.78 Å². The standard InChI is InChI=1S/C33H43N7O2/c41-33(36-26-12-14-30(15-13-26)42-29-10-4-3-5-11-29)39-23-17-28(18-24-39)40-22-8-9-27(25-40)35-32-34-19-16-31(37-32)38-20-6-1-2-7-21-38/h3-5,10-16,19,27-28H,1-2,6-9,17-18,20-25H2,(H,36,41)(H,34,35,37). The number of carbonyl (C=O) groups excluding carboxylic acids is 1. The monoisotopic (exact) mass is 569 g/mol. The molecule has 4 heterocycles. The van der Waals surface area contributed by atoms with Gasteiger partial charge in [-0.1, -0.05) is 31.0 Å². The molecular weight excluding hydrogens is 526 g/mol. The molecule has 0 bridgehead atoms. The minimum Gasteiger partial charge on any atom is -0.457 e. The van der Waals surface area contributed by atoms with Crippen LogP contribution in [0.1, 0.15) is 51.4 Å². The Morgan fingerprint density at radius 2 is 1.52 bits per heavy atom.